The van der Waals surface area contributed by atoms with Crippen LogP contribution < -0.4 is 0 Å². The van der Waals surface area contributed by atoms with Gasteiger partial charge < -0.3 is 19.3 Å². The Bertz CT molecular complexity index is 820. The second-order valence-corrected chi connectivity index (χ2v) is 10.1. The summed E-state index contributed by atoms with van der Waals surface area (Å²) in [5.41, 5.74) is -1.90. The highest BCUT2D eigenvalue weighted by Gasteiger charge is 2.76. The minimum atomic E-state index is -1.38. The monoisotopic (exact) mass is 404 g/mol. The van der Waals surface area contributed by atoms with Crippen LogP contribution in [0.1, 0.15) is 46.0 Å². The van der Waals surface area contributed by atoms with Crippen molar-refractivity contribution < 1.29 is 33.7 Å². The number of ketones is 1. The van der Waals surface area contributed by atoms with E-state index in [-0.39, 0.29) is 29.6 Å². The first-order chi connectivity index (χ1) is 13.7. The molecule has 3 aliphatic carbocycles. The maximum atomic E-state index is 13.3. The van der Waals surface area contributed by atoms with Crippen LogP contribution in [0.2, 0.25) is 0 Å². The number of fused-ring (bicyclic) bond motifs is 4. The zero-order valence-electron chi connectivity index (χ0n) is 16.9. The lowest BCUT2D eigenvalue weighted by atomic mass is 9.44. The number of carbonyl (C=O) groups is 3. The fourth-order valence-electron chi connectivity index (χ4n) is 7.65. The van der Waals surface area contributed by atoms with E-state index in [4.69, 9.17) is 14.2 Å². The molecule has 29 heavy (non-hydrogen) atoms. The number of carbonyl (C=O) groups excluding carboxylic acids is 3. The largest absolute Gasteiger partial charge is 0.464 e. The molecule has 2 saturated heterocycles. The first-order valence-corrected chi connectivity index (χ1v) is 10.5. The van der Waals surface area contributed by atoms with Gasteiger partial charge in [0.1, 0.15) is 5.41 Å². The van der Waals surface area contributed by atoms with Crippen LogP contribution in [0.15, 0.2) is 12.2 Å². The molecule has 158 valence electrons. The van der Waals surface area contributed by atoms with Crippen molar-refractivity contribution in [1.82, 2.24) is 0 Å². The van der Waals surface area contributed by atoms with Crippen LogP contribution in [0.25, 0.3) is 0 Å². The van der Waals surface area contributed by atoms with Gasteiger partial charge >= 0.3 is 11.9 Å². The topological polar surface area (TPSA) is 99.1 Å². The Morgan fingerprint density at radius 2 is 2.00 bits per heavy atom. The number of esters is 2. The number of rotatable bonds is 1. The summed E-state index contributed by atoms with van der Waals surface area (Å²) in [6.45, 7) is 7.94. The van der Waals surface area contributed by atoms with Gasteiger partial charge in [0.05, 0.1) is 19.3 Å². The molecule has 8 atom stereocenters. The first kappa shape index (κ1) is 19.2. The molecule has 8 unspecified atom stereocenters. The Kier molecular flexibility index (Phi) is 3.92. The van der Waals surface area contributed by atoms with Gasteiger partial charge in [-0.25, -0.2) is 0 Å². The molecule has 2 bridgehead atoms. The lowest BCUT2D eigenvalue weighted by Crippen LogP contribution is -2.67. The summed E-state index contributed by atoms with van der Waals surface area (Å²) in [6.07, 6.45) is 1.66. The van der Waals surface area contributed by atoms with E-state index in [1.807, 2.05) is 0 Å². The highest BCUT2D eigenvalue weighted by Crippen LogP contribution is 2.69. The Morgan fingerprint density at radius 3 is 2.72 bits per heavy atom. The maximum Gasteiger partial charge on any atom is 0.320 e. The molecule has 0 radical (unpaired) electrons. The van der Waals surface area contributed by atoms with Crippen molar-refractivity contribution in [3.63, 3.8) is 0 Å². The number of aliphatic hydroxyl groups is 1. The third-order valence-electron chi connectivity index (χ3n) is 8.55. The summed E-state index contributed by atoms with van der Waals surface area (Å²) in [7, 11) is 0. The van der Waals surface area contributed by atoms with Crippen molar-refractivity contribution in [2.75, 3.05) is 13.2 Å². The van der Waals surface area contributed by atoms with E-state index in [1.165, 1.54) is 6.92 Å². The van der Waals surface area contributed by atoms with Gasteiger partial charge in [-0.15, -0.1) is 0 Å². The number of aliphatic hydroxyl groups excluding tert-OH is 1. The summed E-state index contributed by atoms with van der Waals surface area (Å²) < 4.78 is 17.2. The number of ether oxygens (including phenoxy) is 3. The number of cyclic esters (lactones) is 1. The number of Topliss-reactive ketones (excluding diaryl/α,β-unsaturated/α-hetero) is 1. The quantitative estimate of drug-likeness (QED) is 0.404. The summed E-state index contributed by atoms with van der Waals surface area (Å²) in [5.74, 6) is -2.26. The molecular weight excluding hydrogens is 376 g/mol. The molecular formula is C22H28O7. The van der Waals surface area contributed by atoms with Crippen molar-refractivity contribution in [3.8, 4) is 0 Å². The summed E-state index contributed by atoms with van der Waals surface area (Å²) in [4.78, 5) is 38.2. The maximum absolute atomic E-state index is 13.3. The predicted molar refractivity (Wildman–Crippen MR) is 99.1 cm³/mol. The molecule has 2 heterocycles. The van der Waals surface area contributed by atoms with Crippen molar-refractivity contribution in [2.45, 2.75) is 58.3 Å². The third-order valence-corrected chi connectivity index (χ3v) is 8.55. The fourth-order valence-corrected chi connectivity index (χ4v) is 7.65. The van der Waals surface area contributed by atoms with Crippen LogP contribution in [-0.2, 0) is 28.6 Å². The van der Waals surface area contributed by atoms with Gasteiger partial charge in [-0.2, -0.15) is 0 Å². The Hall–Kier alpha value is -1.73. The Balaban J connectivity index is 1.67. The van der Waals surface area contributed by atoms with Gasteiger partial charge in [0.15, 0.2) is 5.78 Å². The van der Waals surface area contributed by atoms with Gasteiger partial charge in [-0.05, 0) is 37.2 Å². The second-order valence-electron chi connectivity index (χ2n) is 10.1. The van der Waals surface area contributed by atoms with Gasteiger partial charge in [0.25, 0.3) is 0 Å². The van der Waals surface area contributed by atoms with E-state index in [1.54, 1.807) is 0 Å². The second kappa shape index (κ2) is 5.91. The molecule has 2 aliphatic heterocycles. The molecule has 0 amide bonds. The molecule has 3 saturated carbocycles. The van der Waals surface area contributed by atoms with Crippen LogP contribution in [0.4, 0.5) is 0 Å². The van der Waals surface area contributed by atoms with Crippen molar-refractivity contribution in [2.24, 2.45) is 34.0 Å². The minimum absolute atomic E-state index is 0.112. The molecule has 1 N–H and O–H groups in total. The van der Waals surface area contributed by atoms with Gasteiger partial charge in [0, 0.05) is 29.6 Å². The Morgan fingerprint density at radius 1 is 1.24 bits per heavy atom. The SMILES string of the molecule is C=C1C(=O)C23CC1CC(O)C2C1(CCCC2(C)COC(OC(C)=O)C21)COC3=O. The van der Waals surface area contributed by atoms with E-state index in [9.17, 15) is 19.5 Å². The highest BCUT2D eigenvalue weighted by molar-refractivity contribution is 6.15. The van der Waals surface area contributed by atoms with E-state index in [0.29, 0.717) is 31.4 Å². The third kappa shape index (κ3) is 2.23. The minimum Gasteiger partial charge on any atom is -0.464 e. The van der Waals surface area contributed by atoms with Crippen LogP contribution in [0, 0.1) is 34.0 Å². The molecule has 7 heteroatoms. The zero-order chi connectivity index (χ0) is 20.8. The summed E-state index contributed by atoms with van der Waals surface area (Å²) in [5, 5.41) is 11.3. The molecule has 0 aromatic rings. The lowest BCUT2D eigenvalue weighted by molar-refractivity contribution is -0.245. The van der Waals surface area contributed by atoms with Gasteiger partial charge in [0.2, 0.25) is 6.29 Å². The Labute approximate surface area is 169 Å². The standard InChI is InChI=1S/C22H28O7/c1-11-13-7-14(24)15-21(10-28-19(26)22(15,8-13)17(11)25)6-4-5-20(3)9-27-18(16(20)21)29-12(2)23/h13-16,18,24H,1,4-10H2,2-3H3. The lowest BCUT2D eigenvalue weighted by Gasteiger charge is -2.61. The number of hydrogen-bond donors (Lipinski definition) is 1. The smallest absolute Gasteiger partial charge is 0.320 e. The fraction of sp³-hybridized carbons (Fsp3) is 0.773. The van der Waals surface area contributed by atoms with E-state index >= 15 is 0 Å². The molecule has 5 fully saturated rings. The molecule has 0 aromatic heterocycles. The average Bonchev–Trinajstić information content (AvgIpc) is 3.08. The van der Waals surface area contributed by atoms with Gasteiger partial charge in [-0.1, -0.05) is 19.9 Å². The van der Waals surface area contributed by atoms with Crippen molar-refractivity contribution in [3.05, 3.63) is 12.2 Å². The van der Waals surface area contributed by atoms with Crippen LogP contribution in [0.5, 0.6) is 0 Å². The molecule has 7 nitrogen and oxygen atoms in total. The zero-order valence-corrected chi connectivity index (χ0v) is 16.9. The molecule has 5 rings (SSSR count). The van der Waals surface area contributed by atoms with Crippen molar-refractivity contribution in [1.29, 1.82) is 0 Å². The van der Waals surface area contributed by atoms with E-state index < -0.39 is 41.1 Å². The van der Waals surface area contributed by atoms with Crippen LogP contribution in [-0.4, -0.2) is 48.4 Å². The molecule has 5 aliphatic rings. The van der Waals surface area contributed by atoms with Crippen LogP contribution >= 0.6 is 0 Å². The summed E-state index contributed by atoms with van der Waals surface area (Å²) >= 11 is 0. The van der Waals surface area contributed by atoms with E-state index in [0.717, 1.165) is 12.8 Å². The normalized spacial score (nSPS) is 50.9. The van der Waals surface area contributed by atoms with E-state index in [2.05, 4.69) is 13.5 Å². The number of hydrogen-bond acceptors (Lipinski definition) is 7. The highest BCUT2D eigenvalue weighted by atomic mass is 16.7. The van der Waals surface area contributed by atoms with Crippen LogP contribution in [0.3, 0.4) is 0 Å². The summed E-state index contributed by atoms with van der Waals surface area (Å²) in [6, 6.07) is 0. The first-order valence-electron chi connectivity index (χ1n) is 10.5. The number of allylic oxidation sites excluding steroid dienone is 1. The average molecular weight is 404 g/mol. The molecule has 0 aromatic carbocycles. The van der Waals surface area contributed by atoms with Gasteiger partial charge in [-0.3, -0.25) is 14.4 Å². The van der Waals surface area contributed by atoms with Crippen molar-refractivity contribution >= 4 is 17.7 Å². The molecule has 2 spiro atoms. The predicted octanol–water partition coefficient (Wildman–Crippen LogP) is 1.77.